The molecule has 0 amide bonds. The van der Waals surface area contributed by atoms with E-state index >= 15 is 0 Å². The summed E-state index contributed by atoms with van der Waals surface area (Å²) < 4.78 is 11.5. The van der Waals surface area contributed by atoms with Crippen molar-refractivity contribution in [3.8, 4) is 0 Å². The Morgan fingerprint density at radius 1 is 0.826 bits per heavy atom. The maximum absolute atomic E-state index is 6.18. The van der Waals surface area contributed by atoms with Crippen LogP contribution in [0.4, 0.5) is 0 Å². The van der Waals surface area contributed by atoms with E-state index in [9.17, 15) is 0 Å². The lowest BCUT2D eigenvalue weighted by molar-refractivity contribution is -0.123. The highest BCUT2D eigenvalue weighted by Gasteiger charge is 2.33. The van der Waals surface area contributed by atoms with Crippen LogP contribution in [0.2, 0.25) is 0 Å². The number of nitrogens with two attached hydrogens (primary N) is 1. The molecule has 1 saturated heterocycles. The SMILES string of the molecule is CC.COC1CC(OC2CCC(NC3CCN(N)CC3)CC2)C1. The van der Waals surface area contributed by atoms with E-state index in [4.69, 9.17) is 15.3 Å². The number of hydrogen-bond acceptors (Lipinski definition) is 5. The maximum Gasteiger partial charge on any atom is 0.0628 e. The van der Waals surface area contributed by atoms with Crippen LogP contribution in [0.25, 0.3) is 0 Å². The predicted molar refractivity (Wildman–Crippen MR) is 94.2 cm³/mol. The van der Waals surface area contributed by atoms with Crippen molar-refractivity contribution in [3.63, 3.8) is 0 Å². The van der Waals surface area contributed by atoms with Crippen LogP contribution in [0.1, 0.15) is 65.2 Å². The lowest BCUT2D eigenvalue weighted by Crippen LogP contribution is -2.49. The minimum absolute atomic E-state index is 0.446. The number of methoxy groups -OCH3 is 1. The van der Waals surface area contributed by atoms with E-state index in [1.165, 1.54) is 38.5 Å². The van der Waals surface area contributed by atoms with Gasteiger partial charge in [0.25, 0.3) is 0 Å². The lowest BCUT2D eigenvalue weighted by Gasteiger charge is -2.39. The monoisotopic (exact) mass is 327 g/mol. The van der Waals surface area contributed by atoms with Crippen LogP contribution in [-0.4, -0.2) is 55.6 Å². The fraction of sp³-hybridized carbons (Fsp3) is 1.00. The van der Waals surface area contributed by atoms with E-state index in [2.05, 4.69) is 5.32 Å². The number of hydrogen-bond donors (Lipinski definition) is 2. The summed E-state index contributed by atoms with van der Waals surface area (Å²) in [4.78, 5) is 0. The second-order valence-electron chi connectivity index (χ2n) is 7.04. The molecule has 1 aliphatic heterocycles. The summed E-state index contributed by atoms with van der Waals surface area (Å²) in [6.45, 7) is 6.05. The van der Waals surface area contributed by atoms with E-state index in [0.29, 0.717) is 30.4 Å². The van der Waals surface area contributed by atoms with Crippen molar-refractivity contribution in [2.75, 3.05) is 20.2 Å². The first-order valence-corrected chi connectivity index (χ1v) is 9.67. The Balaban J connectivity index is 0.000000924. The zero-order valence-electron chi connectivity index (χ0n) is 15.3. The van der Waals surface area contributed by atoms with Crippen LogP contribution >= 0.6 is 0 Å². The van der Waals surface area contributed by atoms with E-state index < -0.39 is 0 Å². The Hall–Kier alpha value is -0.200. The van der Waals surface area contributed by atoms with Crippen molar-refractivity contribution in [1.29, 1.82) is 0 Å². The predicted octanol–water partition coefficient (Wildman–Crippen LogP) is 2.45. The van der Waals surface area contributed by atoms with Gasteiger partial charge in [-0.15, -0.1) is 0 Å². The molecule has 0 unspecified atom stereocenters. The quantitative estimate of drug-likeness (QED) is 0.760. The van der Waals surface area contributed by atoms with Crippen molar-refractivity contribution in [3.05, 3.63) is 0 Å². The molecule has 0 radical (unpaired) electrons. The average Bonchev–Trinajstić information content (AvgIpc) is 2.56. The Morgan fingerprint density at radius 2 is 1.39 bits per heavy atom. The third-order valence-corrected chi connectivity index (χ3v) is 5.44. The Kier molecular flexibility index (Phi) is 8.27. The highest BCUT2D eigenvalue weighted by atomic mass is 16.5. The van der Waals surface area contributed by atoms with Crippen LogP contribution < -0.4 is 11.2 Å². The largest absolute Gasteiger partial charge is 0.381 e. The molecule has 3 aliphatic rings. The lowest BCUT2D eigenvalue weighted by atomic mass is 9.89. The highest BCUT2D eigenvalue weighted by molar-refractivity contribution is 4.86. The molecule has 3 fully saturated rings. The van der Waals surface area contributed by atoms with Crippen LogP contribution in [0.3, 0.4) is 0 Å². The fourth-order valence-electron chi connectivity index (χ4n) is 3.86. The number of hydrazine groups is 1. The zero-order chi connectivity index (χ0) is 16.7. The van der Waals surface area contributed by atoms with E-state index in [1.54, 1.807) is 7.11 Å². The number of piperidine rings is 1. The molecular weight excluding hydrogens is 290 g/mol. The van der Waals surface area contributed by atoms with E-state index in [-0.39, 0.29) is 0 Å². The molecule has 0 aromatic carbocycles. The molecule has 1 heterocycles. The minimum atomic E-state index is 0.446. The molecular formula is C18H37N3O2. The van der Waals surface area contributed by atoms with Gasteiger partial charge in [0.05, 0.1) is 18.3 Å². The molecule has 23 heavy (non-hydrogen) atoms. The third-order valence-electron chi connectivity index (χ3n) is 5.44. The molecule has 136 valence electrons. The normalized spacial score (nSPS) is 36.0. The van der Waals surface area contributed by atoms with Gasteiger partial charge < -0.3 is 14.8 Å². The standard InChI is InChI=1S/C16H31N3O2.C2H6/c1-20-15-10-16(11-15)21-14-4-2-12(3-5-14)18-13-6-8-19(17)9-7-13;1-2/h12-16,18H,2-11,17H2,1H3;1-2H3. The smallest absolute Gasteiger partial charge is 0.0628 e. The number of rotatable bonds is 5. The molecule has 3 N–H and O–H groups in total. The summed E-state index contributed by atoms with van der Waals surface area (Å²) in [6, 6.07) is 1.36. The van der Waals surface area contributed by atoms with Gasteiger partial charge in [0.15, 0.2) is 0 Å². The molecule has 5 heteroatoms. The average molecular weight is 328 g/mol. The van der Waals surface area contributed by atoms with Gasteiger partial charge in [0.1, 0.15) is 0 Å². The van der Waals surface area contributed by atoms with Crippen molar-refractivity contribution >= 4 is 0 Å². The van der Waals surface area contributed by atoms with Gasteiger partial charge in [-0.05, 0) is 51.4 Å². The van der Waals surface area contributed by atoms with Gasteiger partial charge in [0, 0.05) is 32.3 Å². The first kappa shape index (κ1) is 19.1. The topological polar surface area (TPSA) is 59.8 Å². The first-order chi connectivity index (χ1) is 11.2. The molecule has 0 aromatic heterocycles. The minimum Gasteiger partial charge on any atom is -0.381 e. The van der Waals surface area contributed by atoms with Crippen LogP contribution in [0.15, 0.2) is 0 Å². The molecule has 2 saturated carbocycles. The highest BCUT2D eigenvalue weighted by Crippen LogP contribution is 2.31. The second-order valence-corrected chi connectivity index (χ2v) is 7.04. The van der Waals surface area contributed by atoms with Crippen molar-refractivity contribution in [1.82, 2.24) is 10.3 Å². The molecule has 0 bridgehead atoms. The number of ether oxygens (including phenoxy) is 2. The summed E-state index contributed by atoms with van der Waals surface area (Å²) in [5.41, 5.74) is 0. The second kappa shape index (κ2) is 9.94. The molecule has 0 atom stereocenters. The number of nitrogens with zero attached hydrogens (tertiary/aromatic N) is 1. The molecule has 0 aromatic rings. The summed E-state index contributed by atoms with van der Waals surface area (Å²) in [7, 11) is 1.80. The van der Waals surface area contributed by atoms with Gasteiger partial charge in [-0.3, -0.25) is 5.84 Å². The fourth-order valence-corrected chi connectivity index (χ4v) is 3.86. The van der Waals surface area contributed by atoms with Gasteiger partial charge in [-0.1, -0.05) is 13.8 Å². The van der Waals surface area contributed by atoms with E-state index in [0.717, 1.165) is 25.9 Å². The summed E-state index contributed by atoms with van der Waals surface area (Å²) >= 11 is 0. The summed E-state index contributed by atoms with van der Waals surface area (Å²) in [5, 5.41) is 5.78. The maximum atomic E-state index is 6.18. The van der Waals surface area contributed by atoms with Gasteiger partial charge in [-0.25, -0.2) is 5.01 Å². The van der Waals surface area contributed by atoms with Gasteiger partial charge in [0.2, 0.25) is 0 Å². The Bertz CT molecular complexity index is 307. The molecule has 5 nitrogen and oxygen atoms in total. The summed E-state index contributed by atoms with van der Waals surface area (Å²) in [5.74, 6) is 5.81. The summed E-state index contributed by atoms with van der Waals surface area (Å²) in [6.07, 6.45) is 10.9. The van der Waals surface area contributed by atoms with Crippen LogP contribution in [0, 0.1) is 0 Å². The van der Waals surface area contributed by atoms with Crippen molar-refractivity contribution in [2.45, 2.75) is 95.6 Å². The van der Waals surface area contributed by atoms with Gasteiger partial charge in [-0.2, -0.15) is 0 Å². The molecule has 3 rings (SSSR count). The van der Waals surface area contributed by atoms with Crippen LogP contribution in [-0.2, 0) is 9.47 Å². The Labute approximate surface area is 142 Å². The first-order valence-electron chi connectivity index (χ1n) is 9.67. The number of nitrogens with one attached hydrogen (secondary N) is 1. The molecule has 2 aliphatic carbocycles. The van der Waals surface area contributed by atoms with Crippen molar-refractivity contribution < 1.29 is 9.47 Å². The van der Waals surface area contributed by atoms with Gasteiger partial charge >= 0.3 is 0 Å². The Morgan fingerprint density at radius 3 is 1.96 bits per heavy atom. The molecule has 0 spiro atoms. The van der Waals surface area contributed by atoms with Crippen LogP contribution in [0.5, 0.6) is 0 Å². The van der Waals surface area contributed by atoms with Crippen molar-refractivity contribution in [2.24, 2.45) is 5.84 Å². The zero-order valence-corrected chi connectivity index (χ0v) is 15.3. The third kappa shape index (κ3) is 5.98. The van der Waals surface area contributed by atoms with E-state index in [1.807, 2.05) is 18.9 Å².